The lowest BCUT2D eigenvalue weighted by molar-refractivity contribution is 0.414. The molecule has 3 rings (SSSR count). The minimum Gasteiger partial charge on any atom is -0.513 e. The van der Waals surface area contributed by atoms with Gasteiger partial charge in [-0.25, -0.2) is 0 Å². The third-order valence-electron chi connectivity index (χ3n) is 4.03. The van der Waals surface area contributed by atoms with Gasteiger partial charge in [0.15, 0.2) is 10.6 Å². The van der Waals surface area contributed by atoms with E-state index >= 15 is 0 Å². The molecule has 0 unspecified atom stereocenters. The van der Waals surface area contributed by atoms with E-state index in [1.54, 1.807) is 12.2 Å². The Morgan fingerprint density at radius 1 is 1.21 bits per heavy atom. The molecule has 0 saturated carbocycles. The number of rotatable bonds is 5. The number of nitrogens with one attached hydrogen (secondary N) is 1. The maximum Gasteiger partial charge on any atom is 0.200 e. The molecule has 2 aromatic carbocycles. The number of aliphatic hydroxyl groups excluding tert-OH is 1. The monoisotopic (exact) mass is 408 g/mol. The van der Waals surface area contributed by atoms with Gasteiger partial charge in [0.2, 0.25) is 0 Å². The zero-order valence-corrected chi connectivity index (χ0v) is 17.7. The Hall–Kier alpha value is -3.32. The molecule has 0 radical (unpaired) electrons. The highest BCUT2D eigenvalue weighted by molar-refractivity contribution is 7.71. The third kappa shape index (κ3) is 5.14. The molecular formula is C22H24N4O2S. The van der Waals surface area contributed by atoms with Gasteiger partial charge in [-0.15, -0.1) is 4.91 Å². The predicted octanol–water partition coefficient (Wildman–Crippen LogP) is 6.54. The van der Waals surface area contributed by atoms with Crippen molar-refractivity contribution in [3.8, 4) is 5.69 Å². The first kappa shape index (κ1) is 22.0. The van der Waals surface area contributed by atoms with Crippen molar-refractivity contribution in [1.29, 1.82) is 0 Å². The van der Waals surface area contributed by atoms with Crippen LogP contribution in [0.25, 0.3) is 22.5 Å². The number of aromatic amines is 1. The van der Waals surface area contributed by atoms with Crippen molar-refractivity contribution < 1.29 is 5.11 Å². The van der Waals surface area contributed by atoms with Gasteiger partial charge in [0.25, 0.3) is 0 Å². The maximum absolute atomic E-state index is 10.8. The fourth-order valence-corrected chi connectivity index (χ4v) is 3.09. The van der Waals surface area contributed by atoms with Crippen molar-refractivity contribution in [1.82, 2.24) is 14.8 Å². The molecule has 6 nitrogen and oxygen atoms in total. The van der Waals surface area contributed by atoms with Crippen LogP contribution in [0.3, 0.4) is 0 Å². The van der Waals surface area contributed by atoms with Crippen molar-refractivity contribution >= 4 is 29.1 Å². The second kappa shape index (κ2) is 10.3. The summed E-state index contributed by atoms with van der Waals surface area (Å²) in [4.78, 5) is 10.8. The molecule has 0 aliphatic heterocycles. The standard InChI is InChI=1S/C20H18N4O2S.C2H6/c1-13-6-3-9-17-16(13)8-5-10-18(17)24-19(21-22-20(24)27)11-4-7-15(23-26)12-14(2)25;1-2/h3-12,25H,1-2H3,(H,22,27);1-2H3/b11-4+,14-12+,15-7+;. The molecule has 0 aliphatic carbocycles. The average molecular weight is 409 g/mol. The van der Waals surface area contributed by atoms with Gasteiger partial charge in [0, 0.05) is 11.5 Å². The van der Waals surface area contributed by atoms with Gasteiger partial charge in [0.1, 0.15) is 5.70 Å². The first-order valence-corrected chi connectivity index (χ1v) is 9.67. The van der Waals surface area contributed by atoms with Crippen molar-refractivity contribution in [3.63, 3.8) is 0 Å². The van der Waals surface area contributed by atoms with Gasteiger partial charge in [0.05, 0.1) is 11.4 Å². The van der Waals surface area contributed by atoms with Crippen LogP contribution in [-0.2, 0) is 0 Å². The average Bonchev–Trinajstić information content (AvgIpc) is 3.08. The first-order chi connectivity index (χ1) is 14.0. The number of benzene rings is 2. The normalized spacial score (nSPS) is 12.1. The smallest absolute Gasteiger partial charge is 0.200 e. The summed E-state index contributed by atoms with van der Waals surface area (Å²) in [5.74, 6) is 0.586. The molecule has 7 heteroatoms. The zero-order chi connectivity index (χ0) is 21.4. The molecule has 0 amide bonds. The van der Waals surface area contributed by atoms with E-state index in [1.807, 2.05) is 42.7 Å². The summed E-state index contributed by atoms with van der Waals surface area (Å²) in [6.45, 7) is 7.54. The van der Waals surface area contributed by atoms with E-state index in [-0.39, 0.29) is 11.5 Å². The summed E-state index contributed by atoms with van der Waals surface area (Å²) < 4.78 is 2.30. The van der Waals surface area contributed by atoms with Crippen molar-refractivity contribution in [2.45, 2.75) is 27.7 Å². The summed E-state index contributed by atoms with van der Waals surface area (Å²) in [6, 6.07) is 12.2. The zero-order valence-electron chi connectivity index (χ0n) is 16.9. The predicted molar refractivity (Wildman–Crippen MR) is 122 cm³/mol. The van der Waals surface area contributed by atoms with Gasteiger partial charge < -0.3 is 5.11 Å². The summed E-state index contributed by atoms with van der Waals surface area (Å²) in [5, 5.41) is 21.4. The maximum atomic E-state index is 10.8. The number of aryl methyl sites for hydroxylation is 1. The van der Waals surface area contributed by atoms with Crippen LogP contribution >= 0.6 is 12.2 Å². The molecule has 0 bridgehead atoms. The largest absolute Gasteiger partial charge is 0.513 e. The van der Waals surface area contributed by atoms with Crippen LogP contribution in [0.15, 0.2) is 71.3 Å². The number of nitrogens with zero attached hydrogens (tertiary/aromatic N) is 3. The highest BCUT2D eigenvalue weighted by Crippen LogP contribution is 2.26. The number of H-pyrrole nitrogens is 1. The molecule has 0 atom stereocenters. The summed E-state index contributed by atoms with van der Waals surface area (Å²) in [6.07, 6.45) is 6.12. The number of aliphatic hydroxyl groups is 1. The van der Waals surface area contributed by atoms with E-state index in [2.05, 4.69) is 34.4 Å². The van der Waals surface area contributed by atoms with Crippen LogP contribution in [-0.4, -0.2) is 19.9 Å². The second-order valence-corrected chi connectivity index (χ2v) is 6.38. The number of hydrogen-bond acceptors (Lipinski definition) is 5. The Morgan fingerprint density at radius 3 is 2.59 bits per heavy atom. The van der Waals surface area contributed by atoms with Gasteiger partial charge in [-0.2, -0.15) is 5.10 Å². The minimum absolute atomic E-state index is 0.00283. The van der Waals surface area contributed by atoms with E-state index in [9.17, 15) is 10.0 Å². The van der Waals surface area contributed by atoms with Crippen LogP contribution < -0.4 is 0 Å². The highest BCUT2D eigenvalue weighted by atomic mass is 32.1. The van der Waals surface area contributed by atoms with Crippen LogP contribution in [0.2, 0.25) is 0 Å². The Kier molecular flexibility index (Phi) is 7.79. The highest BCUT2D eigenvalue weighted by Gasteiger charge is 2.10. The van der Waals surface area contributed by atoms with E-state index in [1.165, 1.54) is 24.6 Å². The van der Waals surface area contributed by atoms with Crippen LogP contribution in [0.4, 0.5) is 0 Å². The van der Waals surface area contributed by atoms with Crippen LogP contribution in [0, 0.1) is 16.6 Å². The molecular weight excluding hydrogens is 384 g/mol. The van der Waals surface area contributed by atoms with Gasteiger partial charge in [-0.1, -0.05) is 50.3 Å². The number of fused-ring (bicyclic) bond motifs is 1. The summed E-state index contributed by atoms with van der Waals surface area (Å²) in [5.41, 5.74) is 2.20. The third-order valence-corrected chi connectivity index (χ3v) is 4.30. The molecule has 29 heavy (non-hydrogen) atoms. The topological polar surface area (TPSA) is 83.3 Å². The fourth-order valence-electron chi connectivity index (χ4n) is 2.85. The lowest BCUT2D eigenvalue weighted by Crippen LogP contribution is -1.98. The Morgan fingerprint density at radius 2 is 1.90 bits per heavy atom. The molecule has 150 valence electrons. The van der Waals surface area contributed by atoms with Gasteiger partial charge in [-0.05, 0) is 60.4 Å². The van der Waals surface area contributed by atoms with Gasteiger partial charge in [-0.3, -0.25) is 9.67 Å². The Labute approximate surface area is 174 Å². The molecule has 0 saturated heterocycles. The second-order valence-electron chi connectivity index (χ2n) is 6.00. The van der Waals surface area contributed by atoms with Crippen molar-refractivity contribution in [2.24, 2.45) is 5.18 Å². The lowest BCUT2D eigenvalue weighted by Gasteiger charge is -2.10. The van der Waals surface area contributed by atoms with Gasteiger partial charge >= 0.3 is 0 Å². The number of hydrogen-bond donors (Lipinski definition) is 2. The van der Waals surface area contributed by atoms with E-state index < -0.39 is 0 Å². The molecule has 0 aliphatic rings. The molecule has 0 spiro atoms. The fraction of sp³-hybridized carbons (Fsp3) is 0.182. The van der Waals surface area contributed by atoms with Crippen molar-refractivity contribution in [3.05, 3.63) is 87.1 Å². The molecule has 1 heterocycles. The minimum atomic E-state index is 0.00283. The van der Waals surface area contributed by atoms with E-state index in [4.69, 9.17) is 12.2 Å². The SMILES string of the molecule is CC.C\C(O)=C/C(=C\C=C\c1n[nH]c(=S)n1-c1cccc2c(C)cccc12)N=O. The molecule has 2 N–H and O–H groups in total. The quantitative estimate of drug-likeness (QED) is 0.217. The number of nitroso groups, excluding NO2 is 1. The number of allylic oxidation sites excluding steroid dienone is 4. The lowest BCUT2D eigenvalue weighted by atomic mass is 10.0. The first-order valence-electron chi connectivity index (χ1n) is 9.26. The van der Waals surface area contributed by atoms with Crippen molar-refractivity contribution in [2.75, 3.05) is 0 Å². The summed E-state index contributed by atoms with van der Waals surface area (Å²) >= 11 is 5.42. The number of aromatic nitrogens is 3. The Balaban J connectivity index is 0.00000145. The van der Waals surface area contributed by atoms with E-state index in [0.29, 0.717) is 10.6 Å². The van der Waals surface area contributed by atoms with Crippen LogP contribution in [0.1, 0.15) is 32.2 Å². The van der Waals surface area contributed by atoms with E-state index in [0.717, 1.165) is 16.5 Å². The Bertz CT molecular complexity index is 1150. The molecule has 1 aromatic heterocycles. The summed E-state index contributed by atoms with van der Waals surface area (Å²) in [7, 11) is 0. The molecule has 3 aromatic rings. The molecule has 0 fully saturated rings. The van der Waals surface area contributed by atoms with Crippen LogP contribution in [0.5, 0.6) is 0 Å².